The molecule has 0 aliphatic rings. The van der Waals surface area contributed by atoms with Crippen LogP contribution in [0.5, 0.6) is 0 Å². The molecular formula is C9H11ClF3N3O. The van der Waals surface area contributed by atoms with Crippen molar-refractivity contribution in [2.24, 2.45) is 0 Å². The Morgan fingerprint density at radius 1 is 1.53 bits per heavy atom. The predicted molar refractivity (Wildman–Crippen MR) is 58.3 cm³/mol. The third kappa shape index (κ3) is 4.26. The van der Waals surface area contributed by atoms with Gasteiger partial charge in [0, 0.05) is 26.1 Å². The van der Waals surface area contributed by atoms with Crippen LogP contribution in [0.3, 0.4) is 0 Å². The number of anilines is 1. The van der Waals surface area contributed by atoms with E-state index >= 15 is 0 Å². The van der Waals surface area contributed by atoms with E-state index in [1.165, 1.54) is 7.05 Å². The maximum atomic E-state index is 12.0. The van der Waals surface area contributed by atoms with Crippen LogP contribution in [-0.4, -0.2) is 22.8 Å². The molecule has 0 unspecified atom stereocenters. The van der Waals surface area contributed by atoms with Gasteiger partial charge in [0.25, 0.3) is 5.56 Å². The zero-order valence-corrected chi connectivity index (χ0v) is 9.77. The van der Waals surface area contributed by atoms with Gasteiger partial charge in [0.2, 0.25) is 5.95 Å². The molecule has 1 N–H and O–H groups in total. The number of nitrogens with one attached hydrogen (secondary N) is 1. The summed E-state index contributed by atoms with van der Waals surface area (Å²) in [5.41, 5.74) is -0.475. The Kier molecular flexibility index (Phi) is 4.39. The summed E-state index contributed by atoms with van der Waals surface area (Å²) >= 11 is 5.56. The highest BCUT2D eigenvalue weighted by atomic mass is 35.5. The molecule has 0 aromatic carbocycles. The maximum absolute atomic E-state index is 12.0. The molecular weight excluding hydrogens is 259 g/mol. The molecule has 0 fully saturated rings. The van der Waals surface area contributed by atoms with Crippen LogP contribution in [-0.2, 0) is 6.54 Å². The normalized spacial score (nSPS) is 11.6. The molecule has 0 bridgehead atoms. The lowest BCUT2D eigenvalue weighted by Gasteiger charge is -2.12. The molecule has 0 saturated heterocycles. The van der Waals surface area contributed by atoms with Gasteiger partial charge >= 0.3 is 6.18 Å². The van der Waals surface area contributed by atoms with E-state index in [2.05, 4.69) is 10.3 Å². The van der Waals surface area contributed by atoms with E-state index < -0.39 is 18.2 Å². The van der Waals surface area contributed by atoms with E-state index in [9.17, 15) is 18.0 Å². The molecule has 4 nitrogen and oxygen atoms in total. The number of aromatic nitrogens is 2. The molecule has 0 saturated carbocycles. The Balaban J connectivity index is 2.80. The summed E-state index contributed by atoms with van der Waals surface area (Å²) in [6, 6.07) is 1.07. The summed E-state index contributed by atoms with van der Waals surface area (Å²) in [4.78, 5) is 15.3. The second-order valence-corrected chi connectivity index (χ2v) is 3.75. The van der Waals surface area contributed by atoms with Crippen LogP contribution in [0.1, 0.15) is 12.8 Å². The molecule has 1 heterocycles. The average molecular weight is 270 g/mol. The van der Waals surface area contributed by atoms with Crippen molar-refractivity contribution in [2.45, 2.75) is 25.6 Å². The molecule has 0 aliphatic carbocycles. The van der Waals surface area contributed by atoms with Crippen LogP contribution in [0.25, 0.3) is 0 Å². The first-order valence-corrected chi connectivity index (χ1v) is 5.23. The zero-order valence-electron chi connectivity index (χ0n) is 9.01. The SMILES string of the molecule is CNc1nc(Cl)cc(=O)n1CCCC(F)(F)F. The molecule has 0 aliphatic heterocycles. The topological polar surface area (TPSA) is 46.9 Å². The van der Waals surface area contributed by atoms with E-state index in [1.54, 1.807) is 0 Å². The standard InChI is InChI=1S/C9H11ClF3N3O/c1-14-8-15-6(10)5-7(17)16(8)4-2-3-9(11,12)13/h5H,2-4H2,1H3,(H,14,15). The van der Waals surface area contributed by atoms with Crippen molar-refractivity contribution in [3.63, 3.8) is 0 Å². The fraction of sp³-hybridized carbons (Fsp3) is 0.556. The van der Waals surface area contributed by atoms with Gasteiger partial charge in [0.1, 0.15) is 5.15 Å². The quantitative estimate of drug-likeness (QED) is 0.853. The summed E-state index contributed by atoms with van der Waals surface area (Å²) in [6.07, 6.45) is -5.34. The highest BCUT2D eigenvalue weighted by Gasteiger charge is 2.26. The fourth-order valence-corrected chi connectivity index (χ4v) is 1.50. The maximum Gasteiger partial charge on any atom is 0.389 e. The zero-order chi connectivity index (χ0) is 13.1. The summed E-state index contributed by atoms with van der Waals surface area (Å²) in [6.45, 7) is -0.0569. The third-order valence-corrected chi connectivity index (χ3v) is 2.24. The smallest absolute Gasteiger partial charge is 0.359 e. The molecule has 0 atom stereocenters. The van der Waals surface area contributed by atoms with Gasteiger partial charge in [-0.3, -0.25) is 9.36 Å². The van der Waals surface area contributed by atoms with Crippen molar-refractivity contribution in [3.8, 4) is 0 Å². The van der Waals surface area contributed by atoms with Gasteiger partial charge in [-0.25, -0.2) is 4.98 Å². The molecule has 0 spiro atoms. The third-order valence-electron chi connectivity index (χ3n) is 2.04. The Morgan fingerprint density at radius 2 is 2.18 bits per heavy atom. The molecule has 0 radical (unpaired) electrons. The minimum Gasteiger partial charge on any atom is -0.359 e. The summed E-state index contributed by atoms with van der Waals surface area (Å²) < 4.78 is 37.0. The molecule has 96 valence electrons. The van der Waals surface area contributed by atoms with Gasteiger partial charge in [0.15, 0.2) is 0 Å². The van der Waals surface area contributed by atoms with Crippen LogP contribution in [0.2, 0.25) is 5.15 Å². The number of hydrogen-bond donors (Lipinski definition) is 1. The minimum atomic E-state index is -4.22. The van der Waals surface area contributed by atoms with Gasteiger partial charge in [0.05, 0.1) is 0 Å². The first-order valence-electron chi connectivity index (χ1n) is 4.85. The highest BCUT2D eigenvalue weighted by Crippen LogP contribution is 2.21. The first-order chi connectivity index (χ1) is 7.83. The lowest BCUT2D eigenvalue weighted by atomic mass is 10.3. The van der Waals surface area contributed by atoms with Crippen LogP contribution in [0.15, 0.2) is 10.9 Å². The van der Waals surface area contributed by atoms with E-state index in [-0.39, 0.29) is 24.1 Å². The molecule has 1 rings (SSSR count). The van der Waals surface area contributed by atoms with Gasteiger partial charge in [-0.15, -0.1) is 0 Å². The molecule has 0 amide bonds. The van der Waals surface area contributed by atoms with E-state index in [0.29, 0.717) is 0 Å². The van der Waals surface area contributed by atoms with E-state index in [4.69, 9.17) is 11.6 Å². The number of nitrogens with zero attached hydrogens (tertiary/aromatic N) is 2. The minimum absolute atomic E-state index is 0.00595. The lowest BCUT2D eigenvalue weighted by molar-refractivity contribution is -0.135. The Bertz CT molecular complexity index is 444. The molecule has 1 aromatic rings. The van der Waals surface area contributed by atoms with E-state index in [0.717, 1.165) is 10.6 Å². The average Bonchev–Trinajstić information content (AvgIpc) is 2.18. The Hall–Kier alpha value is -1.24. The molecule has 1 aromatic heterocycles. The van der Waals surface area contributed by atoms with Crippen LogP contribution in [0.4, 0.5) is 19.1 Å². The second-order valence-electron chi connectivity index (χ2n) is 3.36. The summed E-state index contributed by atoms with van der Waals surface area (Å²) in [7, 11) is 1.51. The summed E-state index contributed by atoms with van der Waals surface area (Å²) in [5, 5.41) is 2.62. The molecule has 8 heteroatoms. The Morgan fingerprint density at radius 3 is 2.71 bits per heavy atom. The number of halogens is 4. The highest BCUT2D eigenvalue weighted by molar-refractivity contribution is 6.29. The van der Waals surface area contributed by atoms with Gasteiger partial charge in [-0.05, 0) is 6.42 Å². The number of alkyl halides is 3. The largest absolute Gasteiger partial charge is 0.389 e. The Labute approximate surface area is 100 Å². The number of hydrogen-bond acceptors (Lipinski definition) is 3. The van der Waals surface area contributed by atoms with Gasteiger partial charge in [-0.1, -0.05) is 11.6 Å². The molecule has 17 heavy (non-hydrogen) atoms. The first kappa shape index (κ1) is 13.8. The van der Waals surface area contributed by atoms with Crippen molar-refractivity contribution >= 4 is 17.5 Å². The van der Waals surface area contributed by atoms with Crippen molar-refractivity contribution in [2.75, 3.05) is 12.4 Å². The van der Waals surface area contributed by atoms with Crippen LogP contribution < -0.4 is 10.9 Å². The number of rotatable bonds is 4. The monoisotopic (exact) mass is 269 g/mol. The van der Waals surface area contributed by atoms with Crippen molar-refractivity contribution in [1.82, 2.24) is 9.55 Å². The van der Waals surface area contributed by atoms with Gasteiger partial charge in [-0.2, -0.15) is 13.2 Å². The fourth-order valence-electron chi connectivity index (χ4n) is 1.32. The van der Waals surface area contributed by atoms with Crippen molar-refractivity contribution in [1.29, 1.82) is 0 Å². The van der Waals surface area contributed by atoms with Crippen LogP contribution >= 0.6 is 11.6 Å². The summed E-state index contributed by atoms with van der Waals surface area (Å²) in [5.74, 6) is 0.157. The van der Waals surface area contributed by atoms with E-state index in [1.807, 2.05) is 0 Å². The van der Waals surface area contributed by atoms with Crippen molar-refractivity contribution < 1.29 is 13.2 Å². The predicted octanol–water partition coefficient (Wildman–Crippen LogP) is 2.28. The van der Waals surface area contributed by atoms with Crippen molar-refractivity contribution in [3.05, 3.63) is 21.6 Å². The lowest BCUT2D eigenvalue weighted by Crippen LogP contribution is -2.24. The second kappa shape index (κ2) is 5.39. The van der Waals surface area contributed by atoms with Crippen LogP contribution in [0, 0.1) is 0 Å². The van der Waals surface area contributed by atoms with Gasteiger partial charge < -0.3 is 5.32 Å².